The van der Waals surface area contributed by atoms with E-state index in [0.717, 1.165) is 48.6 Å². The molecule has 26 heavy (non-hydrogen) atoms. The number of rotatable bonds is 3. The van der Waals surface area contributed by atoms with E-state index in [0.29, 0.717) is 19.8 Å². The summed E-state index contributed by atoms with van der Waals surface area (Å²) in [5.74, 6) is 0.350. The minimum absolute atomic E-state index is 0.0650. The monoisotopic (exact) mass is 351 g/mol. The second-order valence-corrected chi connectivity index (χ2v) is 7.40. The average Bonchev–Trinajstić information content (AvgIpc) is 2.73. The van der Waals surface area contributed by atoms with Gasteiger partial charge in [0.1, 0.15) is 0 Å². The lowest BCUT2D eigenvalue weighted by molar-refractivity contribution is -0.140. The number of carbonyl (C=O) groups excluding carboxylic acids is 2. The number of hydrogen-bond donors (Lipinski definition) is 0. The summed E-state index contributed by atoms with van der Waals surface area (Å²) in [5, 5.41) is 2.09. The van der Waals surface area contributed by atoms with Gasteiger partial charge in [0.15, 0.2) is 5.78 Å². The molecule has 0 spiro atoms. The molecule has 2 aromatic carbocycles. The number of amides is 1. The van der Waals surface area contributed by atoms with Crippen molar-refractivity contribution in [3.8, 4) is 0 Å². The molecule has 2 heterocycles. The first-order valence-electron chi connectivity index (χ1n) is 9.62. The smallest absolute Gasteiger partial charge is 0.225 e. The average molecular weight is 351 g/mol. The van der Waals surface area contributed by atoms with Crippen molar-refractivity contribution >= 4 is 22.5 Å². The zero-order chi connectivity index (χ0) is 17.9. The SMILES string of the molecule is O=C(c1cccc2ccccc12)[C@H]1CCCN(C(=O)C2CCOCC2)C1. The Labute approximate surface area is 154 Å². The molecule has 4 rings (SSSR count). The summed E-state index contributed by atoms with van der Waals surface area (Å²) in [6.07, 6.45) is 3.37. The van der Waals surface area contributed by atoms with Crippen molar-refractivity contribution in [2.75, 3.05) is 26.3 Å². The van der Waals surface area contributed by atoms with E-state index in [-0.39, 0.29) is 23.5 Å². The summed E-state index contributed by atoms with van der Waals surface area (Å²) in [6, 6.07) is 13.9. The number of nitrogens with zero attached hydrogens (tertiary/aromatic N) is 1. The molecule has 0 N–H and O–H groups in total. The van der Waals surface area contributed by atoms with Crippen LogP contribution in [0.1, 0.15) is 36.0 Å². The molecule has 0 unspecified atom stereocenters. The first-order chi connectivity index (χ1) is 12.7. The fourth-order valence-corrected chi connectivity index (χ4v) is 4.25. The van der Waals surface area contributed by atoms with Crippen LogP contribution in [-0.2, 0) is 9.53 Å². The predicted molar refractivity (Wildman–Crippen MR) is 101 cm³/mol. The van der Waals surface area contributed by atoms with Crippen LogP contribution in [0.15, 0.2) is 42.5 Å². The molecule has 1 amide bonds. The zero-order valence-corrected chi connectivity index (χ0v) is 15.0. The number of piperidine rings is 1. The van der Waals surface area contributed by atoms with Gasteiger partial charge < -0.3 is 9.64 Å². The van der Waals surface area contributed by atoms with E-state index >= 15 is 0 Å². The van der Waals surface area contributed by atoms with Crippen molar-refractivity contribution < 1.29 is 14.3 Å². The van der Waals surface area contributed by atoms with Crippen molar-refractivity contribution in [3.05, 3.63) is 48.0 Å². The Bertz CT molecular complexity index is 805. The molecule has 2 fully saturated rings. The highest BCUT2D eigenvalue weighted by Crippen LogP contribution is 2.27. The summed E-state index contributed by atoms with van der Waals surface area (Å²) in [4.78, 5) is 28.0. The molecule has 0 aromatic heterocycles. The van der Waals surface area contributed by atoms with Crippen molar-refractivity contribution in [1.82, 2.24) is 4.90 Å². The molecule has 0 radical (unpaired) electrons. The van der Waals surface area contributed by atoms with Gasteiger partial charge in [-0.05, 0) is 36.5 Å². The standard InChI is InChI=1S/C22H25NO3/c24-21(20-9-3-6-16-5-1-2-8-19(16)20)18-7-4-12-23(15-18)22(25)17-10-13-26-14-11-17/h1-3,5-6,8-9,17-18H,4,7,10-15H2/t18-/m0/s1. The number of benzene rings is 2. The van der Waals surface area contributed by atoms with Gasteiger partial charge >= 0.3 is 0 Å². The van der Waals surface area contributed by atoms with Gasteiger partial charge in [0, 0.05) is 43.7 Å². The molecule has 4 nitrogen and oxygen atoms in total. The van der Waals surface area contributed by atoms with Gasteiger partial charge in [-0.25, -0.2) is 0 Å². The van der Waals surface area contributed by atoms with Crippen LogP contribution < -0.4 is 0 Å². The molecule has 2 aliphatic heterocycles. The Morgan fingerprint density at radius 3 is 2.54 bits per heavy atom. The van der Waals surface area contributed by atoms with Crippen molar-refractivity contribution in [2.45, 2.75) is 25.7 Å². The largest absolute Gasteiger partial charge is 0.381 e. The predicted octanol–water partition coefficient (Wildman–Crippen LogP) is 3.69. The highest BCUT2D eigenvalue weighted by atomic mass is 16.5. The van der Waals surface area contributed by atoms with Crippen LogP contribution in [0.4, 0.5) is 0 Å². The molecular formula is C22H25NO3. The first kappa shape index (κ1) is 17.2. The quantitative estimate of drug-likeness (QED) is 0.793. The molecule has 2 aliphatic rings. The molecular weight excluding hydrogens is 326 g/mol. The first-order valence-corrected chi connectivity index (χ1v) is 9.62. The Morgan fingerprint density at radius 1 is 0.923 bits per heavy atom. The fraction of sp³-hybridized carbons (Fsp3) is 0.455. The minimum Gasteiger partial charge on any atom is -0.381 e. The molecule has 1 atom stereocenters. The molecule has 0 bridgehead atoms. The summed E-state index contributed by atoms with van der Waals surface area (Å²) in [7, 11) is 0. The van der Waals surface area contributed by atoms with Crippen molar-refractivity contribution in [2.24, 2.45) is 11.8 Å². The second-order valence-electron chi connectivity index (χ2n) is 7.40. The van der Waals surface area contributed by atoms with Gasteiger partial charge in [-0.1, -0.05) is 42.5 Å². The van der Waals surface area contributed by atoms with E-state index < -0.39 is 0 Å². The number of ether oxygens (including phenoxy) is 1. The highest BCUT2D eigenvalue weighted by molar-refractivity contribution is 6.09. The maximum atomic E-state index is 13.2. The molecule has 136 valence electrons. The number of carbonyl (C=O) groups is 2. The third-order valence-electron chi connectivity index (χ3n) is 5.73. The molecule has 0 aliphatic carbocycles. The Kier molecular flexibility index (Phi) is 5.02. The summed E-state index contributed by atoms with van der Waals surface area (Å²) in [5.41, 5.74) is 0.786. The second kappa shape index (κ2) is 7.58. The zero-order valence-electron chi connectivity index (χ0n) is 15.0. The van der Waals surface area contributed by atoms with Gasteiger partial charge in [-0.15, -0.1) is 0 Å². The van der Waals surface area contributed by atoms with Crippen LogP contribution in [0.3, 0.4) is 0 Å². The van der Waals surface area contributed by atoms with Gasteiger partial charge in [0.25, 0.3) is 0 Å². The van der Waals surface area contributed by atoms with Gasteiger partial charge in [-0.2, -0.15) is 0 Å². The highest BCUT2D eigenvalue weighted by Gasteiger charge is 2.33. The van der Waals surface area contributed by atoms with Gasteiger partial charge in [-0.3, -0.25) is 9.59 Å². The molecule has 4 heteroatoms. The van der Waals surface area contributed by atoms with Gasteiger partial charge in [0.05, 0.1) is 0 Å². The molecule has 2 saturated heterocycles. The van der Waals surface area contributed by atoms with Crippen molar-refractivity contribution in [1.29, 1.82) is 0 Å². The number of Topliss-reactive ketones (excluding diaryl/α,β-unsaturated/α-hetero) is 1. The minimum atomic E-state index is -0.0988. The van der Waals surface area contributed by atoms with Crippen LogP contribution in [-0.4, -0.2) is 42.9 Å². The number of hydrogen-bond acceptors (Lipinski definition) is 3. The maximum Gasteiger partial charge on any atom is 0.225 e. The lowest BCUT2D eigenvalue weighted by Gasteiger charge is -2.35. The molecule has 2 aromatic rings. The van der Waals surface area contributed by atoms with Crippen LogP contribution >= 0.6 is 0 Å². The lowest BCUT2D eigenvalue weighted by Crippen LogP contribution is -2.45. The maximum absolute atomic E-state index is 13.2. The van der Waals surface area contributed by atoms with Crippen LogP contribution in [0.5, 0.6) is 0 Å². The van der Waals surface area contributed by atoms with E-state index in [4.69, 9.17) is 4.74 Å². The Hall–Kier alpha value is -2.20. The number of fused-ring (bicyclic) bond motifs is 1. The van der Waals surface area contributed by atoms with Gasteiger partial charge in [0.2, 0.25) is 5.91 Å². The third-order valence-corrected chi connectivity index (χ3v) is 5.73. The van der Waals surface area contributed by atoms with Crippen molar-refractivity contribution in [3.63, 3.8) is 0 Å². The van der Waals surface area contributed by atoms with Crippen LogP contribution in [0, 0.1) is 11.8 Å². The van der Waals surface area contributed by atoms with Crippen LogP contribution in [0.25, 0.3) is 10.8 Å². The van der Waals surface area contributed by atoms with E-state index in [9.17, 15) is 9.59 Å². The van der Waals surface area contributed by atoms with Crippen LogP contribution in [0.2, 0.25) is 0 Å². The Balaban J connectivity index is 1.52. The number of likely N-dealkylation sites (tertiary alicyclic amines) is 1. The van der Waals surface area contributed by atoms with E-state index in [1.165, 1.54) is 0 Å². The summed E-state index contributed by atoms with van der Waals surface area (Å²) < 4.78 is 5.37. The lowest BCUT2D eigenvalue weighted by atomic mass is 9.87. The molecule has 0 saturated carbocycles. The van der Waals surface area contributed by atoms with E-state index in [1.54, 1.807) is 0 Å². The summed E-state index contributed by atoms with van der Waals surface area (Å²) >= 11 is 0. The third kappa shape index (κ3) is 3.38. The summed E-state index contributed by atoms with van der Waals surface area (Å²) in [6.45, 7) is 2.67. The van der Waals surface area contributed by atoms with E-state index in [1.807, 2.05) is 47.4 Å². The topological polar surface area (TPSA) is 46.6 Å². The fourth-order valence-electron chi connectivity index (χ4n) is 4.25. The number of ketones is 1. The Morgan fingerprint density at radius 2 is 1.69 bits per heavy atom. The van der Waals surface area contributed by atoms with E-state index in [2.05, 4.69) is 0 Å². The normalized spacial score (nSPS) is 21.7.